The molecule has 0 saturated heterocycles. The smallest absolute Gasteiger partial charge is 0.147 e. The largest absolute Gasteiger partial charge is 0.314 e. The Hall–Kier alpha value is -1.75. The number of benzene rings is 1. The molecule has 0 spiro atoms. The van der Waals surface area contributed by atoms with Crippen LogP contribution < -0.4 is 5.32 Å². The first kappa shape index (κ1) is 14.2. The summed E-state index contributed by atoms with van der Waals surface area (Å²) < 4.78 is 16.1. The maximum absolute atomic E-state index is 13.9. The first-order valence-electron chi connectivity index (χ1n) is 7.68. The Morgan fingerprint density at radius 3 is 2.95 bits per heavy atom. The van der Waals surface area contributed by atoms with E-state index in [2.05, 4.69) is 27.0 Å². The molecule has 2 heterocycles. The van der Waals surface area contributed by atoms with Crippen molar-refractivity contribution in [2.24, 2.45) is 0 Å². The lowest BCUT2D eigenvalue weighted by Gasteiger charge is -2.19. The van der Waals surface area contributed by atoms with Crippen LogP contribution in [-0.4, -0.2) is 14.8 Å². The fraction of sp³-hybridized carbons (Fsp3) is 0.500. The van der Waals surface area contributed by atoms with Gasteiger partial charge in [-0.3, -0.25) is 0 Å². The molecule has 4 nitrogen and oxygen atoms in total. The summed E-state index contributed by atoms with van der Waals surface area (Å²) in [5, 5.41) is 11.9. The molecule has 0 bridgehead atoms. The molecule has 21 heavy (non-hydrogen) atoms. The summed E-state index contributed by atoms with van der Waals surface area (Å²) in [7, 11) is 0. The molecule has 0 unspecified atom stereocenters. The number of aryl methyl sites for hydroxylation is 1. The third-order valence-corrected chi connectivity index (χ3v) is 4.13. The molecule has 1 aliphatic heterocycles. The van der Waals surface area contributed by atoms with Crippen molar-refractivity contribution in [3.05, 3.63) is 47.3 Å². The number of fused-ring (bicyclic) bond motifs is 1. The zero-order chi connectivity index (χ0) is 14.7. The monoisotopic (exact) mass is 288 g/mol. The Morgan fingerprint density at radius 1 is 1.29 bits per heavy atom. The van der Waals surface area contributed by atoms with E-state index in [0.29, 0.717) is 6.54 Å². The number of hydrogen-bond donors (Lipinski definition) is 1. The van der Waals surface area contributed by atoms with E-state index in [4.69, 9.17) is 0 Å². The van der Waals surface area contributed by atoms with Gasteiger partial charge in [0.15, 0.2) is 0 Å². The Labute approximate surface area is 124 Å². The van der Waals surface area contributed by atoms with Crippen molar-refractivity contribution in [3.8, 4) is 0 Å². The van der Waals surface area contributed by atoms with E-state index in [0.717, 1.165) is 36.6 Å². The number of hydrogen-bond acceptors (Lipinski definition) is 3. The van der Waals surface area contributed by atoms with E-state index >= 15 is 0 Å². The lowest BCUT2D eigenvalue weighted by molar-refractivity contribution is 0.456. The predicted octanol–water partition coefficient (Wildman–Crippen LogP) is 2.99. The number of nitrogens with zero attached hydrogens (tertiary/aromatic N) is 3. The van der Waals surface area contributed by atoms with E-state index in [1.54, 1.807) is 6.07 Å². The highest BCUT2D eigenvalue weighted by Crippen LogP contribution is 2.21. The van der Waals surface area contributed by atoms with Crippen molar-refractivity contribution >= 4 is 0 Å². The summed E-state index contributed by atoms with van der Waals surface area (Å²) in [6, 6.07) is 6.96. The van der Waals surface area contributed by atoms with Crippen LogP contribution >= 0.6 is 0 Å². The van der Waals surface area contributed by atoms with Gasteiger partial charge in [-0.25, -0.2) is 4.39 Å². The van der Waals surface area contributed by atoms with Crippen molar-refractivity contribution in [3.63, 3.8) is 0 Å². The second-order valence-corrected chi connectivity index (χ2v) is 5.50. The van der Waals surface area contributed by atoms with Gasteiger partial charge >= 0.3 is 0 Å². The topological polar surface area (TPSA) is 42.7 Å². The molecule has 112 valence electrons. The number of aromatic nitrogens is 3. The molecule has 1 aromatic heterocycles. The minimum atomic E-state index is -0.153. The van der Waals surface area contributed by atoms with Crippen molar-refractivity contribution in [2.75, 3.05) is 0 Å². The minimum Gasteiger partial charge on any atom is -0.314 e. The molecule has 0 fully saturated rings. The SMILES string of the molecule is CC[C@H](NCc1nnc2n1CCCC2)c1ccccc1F. The van der Waals surface area contributed by atoms with Crippen LogP contribution in [0.2, 0.25) is 0 Å². The Bertz CT molecular complexity index is 608. The summed E-state index contributed by atoms with van der Waals surface area (Å²) in [6.45, 7) is 3.68. The van der Waals surface area contributed by atoms with Gasteiger partial charge in [-0.05, 0) is 25.3 Å². The van der Waals surface area contributed by atoms with Gasteiger partial charge in [0, 0.05) is 24.6 Å². The van der Waals surface area contributed by atoms with Gasteiger partial charge < -0.3 is 9.88 Å². The fourth-order valence-electron chi connectivity index (χ4n) is 2.95. The van der Waals surface area contributed by atoms with Crippen LogP contribution in [0.1, 0.15) is 49.4 Å². The van der Waals surface area contributed by atoms with Crippen LogP contribution in [0.5, 0.6) is 0 Å². The molecule has 3 rings (SSSR count). The van der Waals surface area contributed by atoms with Gasteiger partial charge in [-0.2, -0.15) is 0 Å². The van der Waals surface area contributed by atoms with E-state index in [1.807, 2.05) is 12.1 Å². The molecule has 1 aliphatic rings. The summed E-state index contributed by atoms with van der Waals surface area (Å²) in [5.74, 6) is 1.89. The van der Waals surface area contributed by atoms with Crippen LogP contribution in [0.4, 0.5) is 4.39 Å². The van der Waals surface area contributed by atoms with Crippen LogP contribution in [0.15, 0.2) is 24.3 Å². The Balaban J connectivity index is 1.71. The van der Waals surface area contributed by atoms with Crippen LogP contribution in [-0.2, 0) is 19.5 Å². The van der Waals surface area contributed by atoms with E-state index in [-0.39, 0.29) is 11.9 Å². The van der Waals surface area contributed by atoms with Crippen LogP contribution in [0.3, 0.4) is 0 Å². The van der Waals surface area contributed by atoms with Crippen molar-refractivity contribution in [1.82, 2.24) is 20.1 Å². The molecular weight excluding hydrogens is 267 g/mol. The summed E-state index contributed by atoms with van der Waals surface area (Å²) in [4.78, 5) is 0. The quantitative estimate of drug-likeness (QED) is 0.919. The zero-order valence-electron chi connectivity index (χ0n) is 12.3. The Kier molecular flexibility index (Phi) is 4.29. The van der Waals surface area contributed by atoms with Crippen LogP contribution in [0.25, 0.3) is 0 Å². The first-order valence-corrected chi connectivity index (χ1v) is 7.68. The molecule has 0 saturated carbocycles. The summed E-state index contributed by atoms with van der Waals surface area (Å²) in [6.07, 6.45) is 4.22. The van der Waals surface area contributed by atoms with Gasteiger partial charge in [0.1, 0.15) is 17.5 Å². The van der Waals surface area contributed by atoms with Crippen molar-refractivity contribution in [2.45, 2.75) is 51.7 Å². The highest BCUT2D eigenvalue weighted by Gasteiger charge is 2.18. The average Bonchev–Trinajstić information content (AvgIpc) is 2.93. The molecule has 0 aliphatic carbocycles. The van der Waals surface area contributed by atoms with E-state index in [9.17, 15) is 4.39 Å². The van der Waals surface area contributed by atoms with Crippen molar-refractivity contribution < 1.29 is 4.39 Å². The van der Waals surface area contributed by atoms with Gasteiger partial charge in [-0.15, -0.1) is 10.2 Å². The van der Waals surface area contributed by atoms with Gasteiger partial charge in [0.25, 0.3) is 0 Å². The molecule has 1 aromatic carbocycles. The molecular formula is C16H21FN4. The number of nitrogens with one attached hydrogen (secondary N) is 1. The third kappa shape index (κ3) is 2.97. The second-order valence-electron chi connectivity index (χ2n) is 5.50. The minimum absolute atomic E-state index is 0.00254. The summed E-state index contributed by atoms with van der Waals surface area (Å²) >= 11 is 0. The fourth-order valence-corrected chi connectivity index (χ4v) is 2.95. The molecule has 0 radical (unpaired) electrons. The van der Waals surface area contributed by atoms with Crippen LogP contribution in [0, 0.1) is 5.82 Å². The number of rotatable bonds is 5. The zero-order valence-corrected chi connectivity index (χ0v) is 12.3. The van der Waals surface area contributed by atoms with Crippen molar-refractivity contribution in [1.29, 1.82) is 0 Å². The van der Waals surface area contributed by atoms with Gasteiger partial charge in [-0.1, -0.05) is 25.1 Å². The average molecular weight is 288 g/mol. The van der Waals surface area contributed by atoms with E-state index < -0.39 is 0 Å². The second kappa shape index (κ2) is 6.35. The summed E-state index contributed by atoms with van der Waals surface area (Å²) in [5.41, 5.74) is 0.721. The first-order chi connectivity index (χ1) is 10.3. The van der Waals surface area contributed by atoms with Gasteiger partial charge in [0.05, 0.1) is 6.54 Å². The predicted molar refractivity (Wildman–Crippen MR) is 79.2 cm³/mol. The Morgan fingerprint density at radius 2 is 2.14 bits per heavy atom. The standard InChI is InChI=1S/C16H21FN4/c1-2-14(12-7-3-4-8-13(12)17)18-11-16-20-19-15-9-5-6-10-21(15)16/h3-4,7-8,14,18H,2,5-6,9-11H2,1H3/t14-/m0/s1. The molecule has 5 heteroatoms. The molecule has 0 amide bonds. The lowest BCUT2D eigenvalue weighted by atomic mass is 10.0. The molecule has 2 aromatic rings. The maximum Gasteiger partial charge on any atom is 0.147 e. The molecule has 1 atom stereocenters. The molecule has 1 N–H and O–H groups in total. The highest BCUT2D eigenvalue weighted by atomic mass is 19.1. The third-order valence-electron chi connectivity index (χ3n) is 4.13. The number of halogens is 1. The highest BCUT2D eigenvalue weighted by molar-refractivity contribution is 5.21. The van der Waals surface area contributed by atoms with Gasteiger partial charge in [0.2, 0.25) is 0 Å². The maximum atomic E-state index is 13.9. The van der Waals surface area contributed by atoms with E-state index in [1.165, 1.54) is 18.9 Å². The normalized spacial score (nSPS) is 15.7. The lowest BCUT2D eigenvalue weighted by Crippen LogP contribution is -2.24.